The number of aromatic nitrogens is 2. The van der Waals surface area contributed by atoms with Gasteiger partial charge in [-0.2, -0.15) is 5.10 Å². The lowest BCUT2D eigenvalue weighted by Gasteiger charge is -2.08. The molecule has 0 saturated carbocycles. The van der Waals surface area contributed by atoms with Crippen molar-refractivity contribution in [2.45, 2.75) is 38.3 Å². The third-order valence-corrected chi connectivity index (χ3v) is 3.16. The van der Waals surface area contributed by atoms with E-state index in [2.05, 4.69) is 15.7 Å². The highest BCUT2D eigenvalue weighted by Crippen LogP contribution is 2.15. The molecule has 6 nitrogen and oxygen atoms in total. The second kappa shape index (κ2) is 7.25. The Bertz CT molecular complexity index is 399. The van der Waals surface area contributed by atoms with Gasteiger partial charge in [0.2, 0.25) is 5.91 Å². The highest BCUT2D eigenvalue weighted by atomic mass is 16.5. The molecule has 1 atom stereocenters. The van der Waals surface area contributed by atoms with Crippen LogP contribution in [0.2, 0.25) is 0 Å². The lowest BCUT2D eigenvalue weighted by Crippen LogP contribution is -2.16. The number of nitrogens with one attached hydrogen (secondary N) is 2. The standard InChI is InChI=1S/C13H22N4O2/c1-14-6-2-5-13(18)16-11-8-15-17(9-11)10-12-4-3-7-19-12/h8-9,12,14H,2-7,10H2,1H3,(H,16,18). The quantitative estimate of drug-likeness (QED) is 0.722. The number of ether oxygens (including phenoxy) is 1. The number of amides is 1. The van der Waals surface area contributed by atoms with Gasteiger partial charge in [0.05, 0.1) is 24.5 Å². The zero-order chi connectivity index (χ0) is 13.5. The van der Waals surface area contributed by atoms with E-state index in [9.17, 15) is 4.79 Å². The normalized spacial score (nSPS) is 18.7. The molecule has 1 unspecified atom stereocenters. The second-order valence-corrected chi connectivity index (χ2v) is 4.84. The molecule has 0 bridgehead atoms. The third-order valence-electron chi connectivity index (χ3n) is 3.16. The molecular weight excluding hydrogens is 244 g/mol. The number of rotatable bonds is 7. The monoisotopic (exact) mass is 266 g/mol. The Balaban J connectivity index is 1.75. The summed E-state index contributed by atoms with van der Waals surface area (Å²) in [5.74, 6) is 0.0342. The first-order valence-electron chi connectivity index (χ1n) is 6.86. The summed E-state index contributed by atoms with van der Waals surface area (Å²) in [5, 5.41) is 10.1. The van der Waals surface area contributed by atoms with E-state index in [1.165, 1.54) is 0 Å². The largest absolute Gasteiger partial charge is 0.376 e. The molecular formula is C13H22N4O2. The Kier molecular flexibility index (Phi) is 5.35. The molecule has 1 aliphatic rings. The van der Waals surface area contributed by atoms with Crippen molar-refractivity contribution < 1.29 is 9.53 Å². The Morgan fingerprint density at radius 3 is 3.26 bits per heavy atom. The molecule has 0 spiro atoms. The van der Waals surface area contributed by atoms with Crippen LogP contribution in [0.5, 0.6) is 0 Å². The molecule has 1 saturated heterocycles. The minimum Gasteiger partial charge on any atom is -0.376 e. The molecule has 0 radical (unpaired) electrons. The van der Waals surface area contributed by atoms with Gasteiger partial charge in [-0.15, -0.1) is 0 Å². The van der Waals surface area contributed by atoms with Gasteiger partial charge in [-0.3, -0.25) is 9.48 Å². The summed E-state index contributed by atoms with van der Waals surface area (Å²) in [4.78, 5) is 11.6. The molecule has 1 aromatic rings. The van der Waals surface area contributed by atoms with Crippen LogP contribution in [0.4, 0.5) is 5.69 Å². The Morgan fingerprint density at radius 1 is 1.63 bits per heavy atom. The van der Waals surface area contributed by atoms with Gasteiger partial charge in [-0.25, -0.2) is 0 Å². The third kappa shape index (κ3) is 4.65. The maximum absolute atomic E-state index is 11.6. The minimum atomic E-state index is 0.0342. The predicted molar refractivity (Wildman–Crippen MR) is 73.0 cm³/mol. The number of hydrogen-bond acceptors (Lipinski definition) is 4. The lowest BCUT2D eigenvalue weighted by molar-refractivity contribution is -0.116. The zero-order valence-electron chi connectivity index (χ0n) is 11.4. The first kappa shape index (κ1) is 14.0. The number of hydrogen-bond donors (Lipinski definition) is 2. The Labute approximate surface area is 113 Å². The van der Waals surface area contributed by atoms with E-state index in [0.29, 0.717) is 6.42 Å². The van der Waals surface area contributed by atoms with E-state index in [0.717, 1.165) is 44.6 Å². The molecule has 2 N–H and O–H groups in total. The fraction of sp³-hybridized carbons (Fsp3) is 0.692. The first-order valence-corrected chi connectivity index (χ1v) is 6.86. The van der Waals surface area contributed by atoms with Gasteiger partial charge in [-0.1, -0.05) is 0 Å². The molecule has 2 heterocycles. The second-order valence-electron chi connectivity index (χ2n) is 4.84. The molecule has 0 aliphatic carbocycles. The van der Waals surface area contributed by atoms with Gasteiger partial charge in [0.1, 0.15) is 0 Å². The average molecular weight is 266 g/mol. The van der Waals surface area contributed by atoms with Crippen LogP contribution in [-0.2, 0) is 16.1 Å². The highest BCUT2D eigenvalue weighted by Gasteiger charge is 2.16. The number of carbonyl (C=O) groups excluding carboxylic acids is 1. The summed E-state index contributed by atoms with van der Waals surface area (Å²) in [6.45, 7) is 2.46. The van der Waals surface area contributed by atoms with Crippen molar-refractivity contribution in [2.24, 2.45) is 0 Å². The summed E-state index contributed by atoms with van der Waals surface area (Å²) in [5.41, 5.74) is 0.757. The van der Waals surface area contributed by atoms with Crippen LogP contribution in [0.3, 0.4) is 0 Å². The molecule has 0 aromatic carbocycles. The summed E-state index contributed by atoms with van der Waals surface area (Å²) in [7, 11) is 1.88. The van der Waals surface area contributed by atoms with Gasteiger partial charge >= 0.3 is 0 Å². The molecule has 106 valence electrons. The van der Waals surface area contributed by atoms with Crippen molar-refractivity contribution >= 4 is 11.6 Å². The van der Waals surface area contributed by atoms with E-state index in [1.807, 2.05) is 17.9 Å². The summed E-state index contributed by atoms with van der Waals surface area (Å²) < 4.78 is 7.39. The number of nitrogens with zero attached hydrogens (tertiary/aromatic N) is 2. The predicted octanol–water partition coefficient (Wildman–Crippen LogP) is 1.00. The van der Waals surface area contributed by atoms with Crippen molar-refractivity contribution in [2.75, 3.05) is 25.5 Å². The van der Waals surface area contributed by atoms with Crippen LogP contribution in [-0.4, -0.2) is 42.0 Å². The zero-order valence-corrected chi connectivity index (χ0v) is 11.4. The van der Waals surface area contributed by atoms with E-state index in [4.69, 9.17) is 4.74 Å². The molecule has 6 heteroatoms. The maximum Gasteiger partial charge on any atom is 0.224 e. The van der Waals surface area contributed by atoms with Crippen molar-refractivity contribution in [1.29, 1.82) is 0 Å². The van der Waals surface area contributed by atoms with Crippen LogP contribution >= 0.6 is 0 Å². The molecule has 1 fully saturated rings. The van der Waals surface area contributed by atoms with Crippen molar-refractivity contribution in [3.8, 4) is 0 Å². The topological polar surface area (TPSA) is 68.2 Å². The Morgan fingerprint density at radius 2 is 2.53 bits per heavy atom. The van der Waals surface area contributed by atoms with Crippen LogP contribution in [0.15, 0.2) is 12.4 Å². The van der Waals surface area contributed by atoms with Gasteiger partial charge in [0.25, 0.3) is 0 Å². The van der Waals surface area contributed by atoms with Crippen LogP contribution in [0, 0.1) is 0 Å². The minimum absolute atomic E-state index is 0.0342. The average Bonchev–Trinajstić information content (AvgIpc) is 3.02. The van der Waals surface area contributed by atoms with Gasteiger partial charge in [0, 0.05) is 19.2 Å². The summed E-state index contributed by atoms with van der Waals surface area (Å²) >= 11 is 0. The molecule has 2 rings (SSSR count). The molecule has 1 aliphatic heterocycles. The van der Waals surface area contributed by atoms with E-state index in [1.54, 1.807) is 6.20 Å². The van der Waals surface area contributed by atoms with E-state index >= 15 is 0 Å². The van der Waals surface area contributed by atoms with Crippen molar-refractivity contribution in [1.82, 2.24) is 15.1 Å². The maximum atomic E-state index is 11.6. The smallest absolute Gasteiger partial charge is 0.224 e. The first-order chi connectivity index (χ1) is 9.28. The summed E-state index contributed by atoms with van der Waals surface area (Å²) in [6, 6.07) is 0. The number of carbonyl (C=O) groups is 1. The van der Waals surface area contributed by atoms with Gasteiger partial charge in [-0.05, 0) is 32.9 Å². The molecule has 1 amide bonds. The van der Waals surface area contributed by atoms with Gasteiger partial charge < -0.3 is 15.4 Å². The highest BCUT2D eigenvalue weighted by molar-refractivity contribution is 5.90. The van der Waals surface area contributed by atoms with E-state index in [-0.39, 0.29) is 12.0 Å². The Hall–Kier alpha value is -1.40. The summed E-state index contributed by atoms with van der Waals surface area (Å²) in [6.07, 6.45) is 7.39. The molecule has 1 aromatic heterocycles. The van der Waals surface area contributed by atoms with Crippen molar-refractivity contribution in [3.05, 3.63) is 12.4 Å². The van der Waals surface area contributed by atoms with Gasteiger partial charge in [0.15, 0.2) is 0 Å². The van der Waals surface area contributed by atoms with Crippen molar-refractivity contribution in [3.63, 3.8) is 0 Å². The van der Waals surface area contributed by atoms with E-state index < -0.39 is 0 Å². The number of anilines is 1. The van der Waals surface area contributed by atoms with Crippen LogP contribution in [0.1, 0.15) is 25.7 Å². The SMILES string of the molecule is CNCCCC(=O)Nc1cnn(CC2CCCO2)c1. The molecule has 19 heavy (non-hydrogen) atoms. The fourth-order valence-electron chi connectivity index (χ4n) is 2.17. The lowest BCUT2D eigenvalue weighted by atomic mass is 10.2. The fourth-order valence-corrected chi connectivity index (χ4v) is 2.17. The van der Waals surface area contributed by atoms with Crippen LogP contribution < -0.4 is 10.6 Å². The van der Waals surface area contributed by atoms with Crippen LogP contribution in [0.25, 0.3) is 0 Å².